The van der Waals surface area contributed by atoms with Gasteiger partial charge in [-0.1, -0.05) is 24.3 Å². The van der Waals surface area contributed by atoms with Crippen molar-refractivity contribution in [3.63, 3.8) is 0 Å². The Labute approximate surface area is 146 Å². The highest BCUT2D eigenvalue weighted by Crippen LogP contribution is 2.32. The number of benzene rings is 1. The van der Waals surface area contributed by atoms with E-state index in [-0.39, 0.29) is 0 Å². The number of aryl methyl sites for hydroxylation is 1. The van der Waals surface area contributed by atoms with E-state index in [1.54, 1.807) is 11.3 Å². The van der Waals surface area contributed by atoms with E-state index in [9.17, 15) is 0 Å². The zero-order chi connectivity index (χ0) is 16.7. The molecule has 0 fully saturated rings. The maximum Gasteiger partial charge on any atom is 0.178 e. The fourth-order valence-corrected chi connectivity index (χ4v) is 4.21. The van der Waals surface area contributed by atoms with Crippen molar-refractivity contribution in [2.45, 2.75) is 32.4 Å². The zero-order valence-electron chi connectivity index (χ0n) is 14.2. The minimum absolute atomic E-state index is 0.331. The molecule has 0 radical (unpaired) electrons. The van der Waals surface area contributed by atoms with Gasteiger partial charge in [0.15, 0.2) is 5.82 Å². The fourth-order valence-electron chi connectivity index (χ4n) is 3.32. The van der Waals surface area contributed by atoms with Crippen LogP contribution in [-0.4, -0.2) is 38.7 Å². The van der Waals surface area contributed by atoms with Crippen LogP contribution < -0.4 is 0 Å². The van der Waals surface area contributed by atoms with Crippen molar-refractivity contribution in [3.8, 4) is 11.5 Å². The smallest absolute Gasteiger partial charge is 0.178 e. The summed E-state index contributed by atoms with van der Waals surface area (Å²) in [4.78, 5) is 11.6. The molecule has 6 heteroatoms. The first-order valence-corrected chi connectivity index (χ1v) is 9.07. The lowest BCUT2D eigenvalue weighted by Gasteiger charge is -2.12. The number of rotatable bonds is 4. The Morgan fingerprint density at radius 2 is 1.88 bits per heavy atom. The maximum atomic E-state index is 4.77. The van der Waals surface area contributed by atoms with Crippen LogP contribution in [0.4, 0.5) is 0 Å². The molecular formula is C18H21N5S. The molecule has 0 amide bonds. The normalized spacial score (nSPS) is 14.5. The van der Waals surface area contributed by atoms with Crippen molar-refractivity contribution in [2.75, 3.05) is 14.1 Å². The minimum atomic E-state index is 0.331. The average Bonchev–Trinajstić information content (AvgIpc) is 3.23. The predicted octanol–water partition coefficient (Wildman–Crippen LogP) is 3.11. The van der Waals surface area contributed by atoms with Crippen molar-refractivity contribution < 1.29 is 0 Å². The molecule has 5 nitrogen and oxygen atoms in total. The molecule has 1 aliphatic rings. The van der Waals surface area contributed by atoms with Crippen LogP contribution in [0, 0.1) is 6.92 Å². The van der Waals surface area contributed by atoms with E-state index < -0.39 is 0 Å². The van der Waals surface area contributed by atoms with E-state index in [0.717, 1.165) is 41.7 Å². The molecule has 3 aromatic rings. The summed E-state index contributed by atoms with van der Waals surface area (Å²) in [5, 5.41) is 7.89. The second kappa shape index (κ2) is 6.11. The molecule has 0 saturated heterocycles. The first-order valence-electron chi connectivity index (χ1n) is 8.19. The number of nitrogens with zero attached hydrogens (tertiary/aromatic N) is 5. The van der Waals surface area contributed by atoms with Crippen LogP contribution in [0.3, 0.4) is 0 Å². The third kappa shape index (κ3) is 2.87. The summed E-state index contributed by atoms with van der Waals surface area (Å²) in [5.74, 6) is 1.70. The second-order valence-corrected chi connectivity index (χ2v) is 7.56. The van der Waals surface area contributed by atoms with Gasteiger partial charge in [0.1, 0.15) is 16.5 Å². The largest absolute Gasteiger partial charge is 0.303 e. The van der Waals surface area contributed by atoms with E-state index in [4.69, 9.17) is 4.98 Å². The van der Waals surface area contributed by atoms with Gasteiger partial charge in [-0.05, 0) is 45.0 Å². The van der Waals surface area contributed by atoms with Gasteiger partial charge in [-0.2, -0.15) is 5.10 Å². The van der Waals surface area contributed by atoms with E-state index in [1.165, 1.54) is 11.1 Å². The van der Waals surface area contributed by atoms with Gasteiger partial charge < -0.3 is 4.90 Å². The molecule has 124 valence electrons. The van der Waals surface area contributed by atoms with Crippen molar-refractivity contribution in [2.24, 2.45) is 0 Å². The molecule has 24 heavy (non-hydrogen) atoms. The van der Waals surface area contributed by atoms with Crippen LogP contribution in [0.25, 0.3) is 11.5 Å². The molecule has 1 aromatic carbocycles. The highest BCUT2D eigenvalue weighted by atomic mass is 32.1. The first kappa shape index (κ1) is 15.5. The van der Waals surface area contributed by atoms with Crippen LogP contribution in [0.5, 0.6) is 0 Å². The molecule has 0 bridgehead atoms. The van der Waals surface area contributed by atoms with Crippen LogP contribution >= 0.6 is 11.3 Å². The third-order valence-corrected chi connectivity index (χ3v) is 5.18. The molecule has 2 aromatic heterocycles. The fraction of sp³-hybridized carbons (Fsp3) is 0.389. The molecule has 1 aliphatic carbocycles. The van der Waals surface area contributed by atoms with E-state index in [1.807, 2.05) is 6.92 Å². The molecule has 0 saturated carbocycles. The highest BCUT2D eigenvalue weighted by Gasteiger charge is 2.27. The van der Waals surface area contributed by atoms with Crippen molar-refractivity contribution >= 4 is 11.3 Å². The van der Waals surface area contributed by atoms with Crippen LogP contribution in [0.1, 0.15) is 28.0 Å². The van der Waals surface area contributed by atoms with Gasteiger partial charge in [-0.3, -0.25) is 0 Å². The Kier molecular flexibility index (Phi) is 3.94. The molecule has 0 spiro atoms. The number of aromatic nitrogens is 4. The summed E-state index contributed by atoms with van der Waals surface area (Å²) in [6, 6.07) is 9.00. The van der Waals surface area contributed by atoms with Crippen LogP contribution in [-0.2, 0) is 19.4 Å². The molecular weight excluding hydrogens is 318 g/mol. The third-order valence-electron chi connectivity index (χ3n) is 4.34. The summed E-state index contributed by atoms with van der Waals surface area (Å²) in [6.07, 6.45) is 2.03. The minimum Gasteiger partial charge on any atom is -0.303 e. The molecule has 4 rings (SSSR count). The Balaban J connectivity index is 1.66. The standard InChI is InChI=1S/C18H21N5S/c1-12-19-18(16-11-24-17(20-16)10-22(2)3)23(21-12)15-8-13-6-4-5-7-14(13)9-15/h4-7,11,15H,8-10H2,1-3H3. The summed E-state index contributed by atoms with van der Waals surface area (Å²) >= 11 is 1.69. The number of fused-ring (bicyclic) bond motifs is 1. The van der Waals surface area contributed by atoms with Crippen LogP contribution in [0.15, 0.2) is 29.6 Å². The number of hydrogen-bond donors (Lipinski definition) is 0. The maximum absolute atomic E-state index is 4.77. The quantitative estimate of drug-likeness (QED) is 0.733. The number of hydrogen-bond acceptors (Lipinski definition) is 5. The van der Waals surface area contributed by atoms with Gasteiger partial charge in [0.05, 0.1) is 6.04 Å². The Bertz CT molecular complexity index is 839. The van der Waals surface area contributed by atoms with Gasteiger partial charge in [-0.25, -0.2) is 14.6 Å². The monoisotopic (exact) mass is 339 g/mol. The summed E-state index contributed by atoms with van der Waals surface area (Å²) in [5.41, 5.74) is 3.79. The SMILES string of the molecule is Cc1nc(-c2csc(CN(C)C)n2)n(C2Cc3ccccc3C2)n1. The Morgan fingerprint density at radius 1 is 1.17 bits per heavy atom. The Morgan fingerprint density at radius 3 is 2.54 bits per heavy atom. The van der Waals surface area contributed by atoms with Gasteiger partial charge in [0, 0.05) is 11.9 Å². The lowest BCUT2D eigenvalue weighted by atomic mass is 10.1. The molecule has 0 atom stereocenters. The van der Waals surface area contributed by atoms with Crippen molar-refractivity contribution in [1.82, 2.24) is 24.6 Å². The van der Waals surface area contributed by atoms with E-state index >= 15 is 0 Å². The number of thiazole rings is 1. The van der Waals surface area contributed by atoms with Crippen molar-refractivity contribution in [3.05, 3.63) is 51.6 Å². The summed E-state index contributed by atoms with van der Waals surface area (Å²) in [6.45, 7) is 2.81. The van der Waals surface area contributed by atoms with E-state index in [0.29, 0.717) is 6.04 Å². The topological polar surface area (TPSA) is 46.8 Å². The Hall–Kier alpha value is -2.05. The first-order chi connectivity index (χ1) is 11.6. The lowest BCUT2D eigenvalue weighted by molar-refractivity contribution is 0.401. The zero-order valence-corrected chi connectivity index (χ0v) is 15.0. The van der Waals surface area contributed by atoms with Gasteiger partial charge in [-0.15, -0.1) is 11.3 Å². The summed E-state index contributed by atoms with van der Waals surface area (Å²) in [7, 11) is 4.12. The van der Waals surface area contributed by atoms with Gasteiger partial charge >= 0.3 is 0 Å². The van der Waals surface area contributed by atoms with Crippen molar-refractivity contribution in [1.29, 1.82) is 0 Å². The predicted molar refractivity (Wildman–Crippen MR) is 96.1 cm³/mol. The van der Waals surface area contributed by atoms with E-state index in [2.05, 4.69) is 63.4 Å². The van der Waals surface area contributed by atoms with Gasteiger partial charge in [0.2, 0.25) is 0 Å². The summed E-state index contributed by atoms with van der Waals surface area (Å²) < 4.78 is 2.09. The molecule has 0 unspecified atom stereocenters. The van der Waals surface area contributed by atoms with Gasteiger partial charge in [0.25, 0.3) is 0 Å². The average molecular weight is 339 g/mol. The second-order valence-electron chi connectivity index (χ2n) is 6.62. The molecule has 2 heterocycles. The lowest BCUT2D eigenvalue weighted by Crippen LogP contribution is -2.13. The highest BCUT2D eigenvalue weighted by molar-refractivity contribution is 7.09. The molecule has 0 N–H and O–H groups in total. The van der Waals surface area contributed by atoms with Crippen LogP contribution in [0.2, 0.25) is 0 Å². The molecule has 0 aliphatic heterocycles.